The summed E-state index contributed by atoms with van der Waals surface area (Å²) >= 11 is 0. The highest BCUT2D eigenvalue weighted by Crippen LogP contribution is 2.32. The van der Waals surface area contributed by atoms with Gasteiger partial charge in [0.05, 0.1) is 30.1 Å². The molecule has 1 atom stereocenters. The van der Waals surface area contributed by atoms with Crippen molar-refractivity contribution in [2.24, 2.45) is 0 Å². The van der Waals surface area contributed by atoms with Crippen LogP contribution < -0.4 is 10.1 Å². The van der Waals surface area contributed by atoms with Gasteiger partial charge in [-0.2, -0.15) is 0 Å². The van der Waals surface area contributed by atoms with Gasteiger partial charge in [0, 0.05) is 25.2 Å². The van der Waals surface area contributed by atoms with E-state index in [2.05, 4.69) is 20.4 Å². The van der Waals surface area contributed by atoms with Gasteiger partial charge in [0.2, 0.25) is 0 Å². The van der Waals surface area contributed by atoms with Crippen LogP contribution in [-0.4, -0.2) is 45.5 Å². The number of carbonyl (C=O) groups excluding carboxylic acids is 2. The van der Waals surface area contributed by atoms with E-state index in [1.807, 2.05) is 19.1 Å². The van der Waals surface area contributed by atoms with E-state index in [0.717, 1.165) is 25.7 Å². The molecule has 33 heavy (non-hydrogen) atoms. The standard InChI is InChI=1S/C24H27N5O4/c1-4-8-16-13-19(28-33-16)24(31)29-12-7-10-20(29)22-25-14-17(15(2)26-22)23(30)27-18-9-5-6-11-21(18)32-3/h5-6,9,11,13-14,20H,4,7-8,10,12H2,1-3H3,(H,27,30)/t20-/m1/s1. The maximum absolute atomic E-state index is 13.0. The van der Waals surface area contributed by atoms with Crippen LogP contribution in [0.5, 0.6) is 5.75 Å². The first-order chi connectivity index (χ1) is 16.0. The normalized spacial score (nSPS) is 15.5. The number of para-hydroxylation sites is 2. The van der Waals surface area contributed by atoms with Gasteiger partial charge in [-0.3, -0.25) is 9.59 Å². The second-order valence-electron chi connectivity index (χ2n) is 7.97. The van der Waals surface area contributed by atoms with E-state index in [4.69, 9.17) is 9.26 Å². The van der Waals surface area contributed by atoms with Crippen molar-refractivity contribution in [1.82, 2.24) is 20.0 Å². The molecule has 1 fully saturated rings. The number of methoxy groups -OCH3 is 1. The first kappa shape index (κ1) is 22.4. The van der Waals surface area contributed by atoms with Crippen LogP contribution in [0.3, 0.4) is 0 Å². The highest BCUT2D eigenvalue weighted by atomic mass is 16.5. The van der Waals surface area contributed by atoms with E-state index >= 15 is 0 Å². The number of ether oxygens (including phenoxy) is 1. The molecule has 0 unspecified atom stereocenters. The quantitative estimate of drug-likeness (QED) is 0.581. The Kier molecular flexibility index (Phi) is 6.67. The SMILES string of the molecule is CCCc1cc(C(=O)N2CCC[C@@H]2c2ncc(C(=O)Nc3ccccc3OC)c(C)n2)no1. The van der Waals surface area contributed by atoms with E-state index < -0.39 is 0 Å². The number of nitrogens with one attached hydrogen (secondary N) is 1. The first-order valence-electron chi connectivity index (χ1n) is 11.1. The number of aryl methyl sites for hydroxylation is 2. The van der Waals surface area contributed by atoms with Crippen LogP contribution >= 0.6 is 0 Å². The smallest absolute Gasteiger partial charge is 0.276 e. The minimum atomic E-state index is -0.325. The fourth-order valence-electron chi connectivity index (χ4n) is 4.01. The molecule has 2 aromatic heterocycles. The summed E-state index contributed by atoms with van der Waals surface area (Å²) < 4.78 is 10.6. The van der Waals surface area contributed by atoms with Gasteiger partial charge in [0.15, 0.2) is 11.5 Å². The summed E-state index contributed by atoms with van der Waals surface area (Å²) in [6.07, 6.45) is 4.76. The highest BCUT2D eigenvalue weighted by molar-refractivity contribution is 6.05. The Morgan fingerprint density at radius 2 is 2.12 bits per heavy atom. The molecule has 1 aliphatic rings. The predicted octanol–water partition coefficient (Wildman–Crippen LogP) is 3.96. The number of aromatic nitrogens is 3. The van der Waals surface area contributed by atoms with Gasteiger partial charge in [-0.1, -0.05) is 24.2 Å². The second-order valence-corrected chi connectivity index (χ2v) is 7.97. The van der Waals surface area contributed by atoms with Crippen LogP contribution in [0.2, 0.25) is 0 Å². The zero-order chi connectivity index (χ0) is 23.4. The summed E-state index contributed by atoms with van der Waals surface area (Å²) in [6, 6.07) is 8.62. The zero-order valence-electron chi connectivity index (χ0n) is 19.0. The van der Waals surface area contributed by atoms with E-state index in [1.165, 1.54) is 6.20 Å². The molecule has 0 aliphatic carbocycles. The molecule has 2 amide bonds. The number of anilines is 1. The van der Waals surface area contributed by atoms with Crippen molar-refractivity contribution in [3.8, 4) is 5.75 Å². The lowest BCUT2D eigenvalue weighted by Crippen LogP contribution is -2.32. The Morgan fingerprint density at radius 3 is 2.88 bits per heavy atom. The van der Waals surface area contributed by atoms with Crippen molar-refractivity contribution in [3.05, 3.63) is 65.1 Å². The maximum atomic E-state index is 13.0. The van der Waals surface area contributed by atoms with E-state index in [0.29, 0.717) is 46.5 Å². The van der Waals surface area contributed by atoms with Crippen molar-refractivity contribution in [1.29, 1.82) is 0 Å². The molecule has 0 spiro atoms. The minimum absolute atomic E-state index is 0.192. The Hall–Kier alpha value is -3.75. The Morgan fingerprint density at radius 1 is 1.30 bits per heavy atom. The number of amides is 2. The lowest BCUT2D eigenvalue weighted by atomic mass is 10.1. The van der Waals surface area contributed by atoms with Crippen molar-refractivity contribution >= 4 is 17.5 Å². The summed E-state index contributed by atoms with van der Waals surface area (Å²) in [6.45, 7) is 4.40. The van der Waals surface area contributed by atoms with E-state index in [-0.39, 0.29) is 17.9 Å². The van der Waals surface area contributed by atoms with Gasteiger partial charge >= 0.3 is 0 Å². The van der Waals surface area contributed by atoms with Crippen LogP contribution in [0.25, 0.3) is 0 Å². The molecule has 4 rings (SSSR count). The third kappa shape index (κ3) is 4.72. The van der Waals surface area contributed by atoms with Crippen molar-refractivity contribution in [2.75, 3.05) is 19.0 Å². The predicted molar refractivity (Wildman–Crippen MR) is 121 cm³/mol. The van der Waals surface area contributed by atoms with Crippen molar-refractivity contribution < 1.29 is 18.8 Å². The van der Waals surface area contributed by atoms with Crippen molar-refractivity contribution in [3.63, 3.8) is 0 Å². The largest absolute Gasteiger partial charge is 0.495 e. The Balaban J connectivity index is 1.51. The Labute approximate surface area is 192 Å². The average molecular weight is 450 g/mol. The number of carbonyl (C=O) groups is 2. The lowest BCUT2D eigenvalue weighted by molar-refractivity contribution is 0.0718. The molecule has 0 saturated carbocycles. The topological polar surface area (TPSA) is 110 Å². The van der Waals surface area contributed by atoms with Gasteiger partial charge in [-0.15, -0.1) is 0 Å². The van der Waals surface area contributed by atoms with Crippen LogP contribution in [0.1, 0.15) is 70.4 Å². The summed E-state index contributed by atoms with van der Waals surface area (Å²) in [4.78, 5) is 36.6. The second kappa shape index (κ2) is 9.81. The highest BCUT2D eigenvalue weighted by Gasteiger charge is 2.34. The number of likely N-dealkylation sites (tertiary alicyclic amines) is 1. The maximum Gasteiger partial charge on any atom is 0.276 e. The van der Waals surface area contributed by atoms with E-state index in [9.17, 15) is 9.59 Å². The van der Waals surface area contributed by atoms with Gasteiger partial charge in [0.25, 0.3) is 11.8 Å². The summed E-state index contributed by atoms with van der Waals surface area (Å²) in [7, 11) is 1.55. The van der Waals surface area contributed by atoms with Gasteiger partial charge < -0.3 is 19.5 Å². The van der Waals surface area contributed by atoms with Gasteiger partial charge in [-0.25, -0.2) is 9.97 Å². The molecule has 9 nitrogen and oxygen atoms in total. The molecule has 1 aliphatic heterocycles. The number of hydrogen-bond donors (Lipinski definition) is 1. The van der Waals surface area contributed by atoms with Crippen LogP contribution in [0, 0.1) is 6.92 Å². The molecule has 9 heteroatoms. The summed E-state index contributed by atoms with van der Waals surface area (Å²) in [5, 5.41) is 6.79. The lowest BCUT2D eigenvalue weighted by Gasteiger charge is -2.23. The fraction of sp³-hybridized carbons (Fsp3) is 0.375. The summed E-state index contributed by atoms with van der Waals surface area (Å²) in [5.74, 6) is 1.27. The molecule has 1 aromatic carbocycles. The third-order valence-electron chi connectivity index (χ3n) is 5.68. The minimum Gasteiger partial charge on any atom is -0.495 e. The molecular formula is C24H27N5O4. The Bertz CT molecular complexity index is 1160. The fourth-order valence-corrected chi connectivity index (χ4v) is 4.01. The number of rotatable bonds is 7. The zero-order valence-corrected chi connectivity index (χ0v) is 19.0. The third-order valence-corrected chi connectivity index (χ3v) is 5.68. The number of nitrogens with zero attached hydrogens (tertiary/aromatic N) is 4. The first-order valence-corrected chi connectivity index (χ1v) is 11.1. The molecule has 3 aromatic rings. The van der Waals surface area contributed by atoms with Crippen LogP contribution in [-0.2, 0) is 6.42 Å². The van der Waals surface area contributed by atoms with Crippen molar-refractivity contribution in [2.45, 2.75) is 45.6 Å². The molecule has 0 radical (unpaired) electrons. The molecular weight excluding hydrogens is 422 g/mol. The summed E-state index contributed by atoms with van der Waals surface area (Å²) in [5.41, 5.74) is 1.77. The van der Waals surface area contributed by atoms with Crippen LogP contribution in [0.15, 0.2) is 41.1 Å². The molecule has 1 saturated heterocycles. The average Bonchev–Trinajstić information content (AvgIpc) is 3.49. The number of benzene rings is 1. The monoisotopic (exact) mass is 449 g/mol. The molecule has 3 heterocycles. The molecule has 0 bridgehead atoms. The van der Waals surface area contributed by atoms with E-state index in [1.54, 1.807) is 37.1 Å². The number of hydrogen-bond acceptors (Lipinski definition) is 7. The molecule has 1 N–H and O–H groups in total. The molecule has 172 valence electrons. The van der Waals surface area contributed by atoms with Gasteiger partial charge in [-0.05, 0) is 38.3 Å². The van der Waals surface area contributed by atoms with Gasteiger partial charge in [0.1, 0.15) is 11.5 Å². The van der Waals surface area contributed by atoms with Crippen LogP contribution in [0.4, 0.5) is 5.69 Å².